The predicted molar refractivity (Wildman–Crippen MR) is 49.6 cm³/mol. The van der Waals surface area contributed by atoms with Crippen molar-refractivity contribution in [2.24, 2.45) is 11.8 Å². The molecule has 13 heavy (non-hydrogen) atoms. The topological polar surface area (TPSA) is 46.5 Å². The van der Waals surface area contributed by atoms with Gasteiger partial charge in [-0.25, -0.2) is 0 Å². The van der Waals surface area contributed by atoms with E-state index >= 15 is 0 Å². The summed E-state index contributed by atoms with van der Waals surface area (Å²) < 4.78 is 5.39. The third-order valence-electron chi connectivity index (χ3n) is 2.76. The predicted octanol–water partition coefficient (Wildman–Crippen LogP) is 1.91. The molecule has 1 rings (SSSR count). The minimum absolute atomic E-state index is 0.267. The highest BCUT2D eigenvalue weighted by Crippen LogP contribution is 2.30. The summed E-state index contributed by atoms with van der Waals surface area (Å²) in [6.45, 7) is 5.11. The van der Waals surface area contributed by atoms with E-state index < -0.39 is 5.97 Å². The van der Waals surface area contributed by atoms with Gasteiger partial charge in [0.05, 0.1) is 6.10 Å². The van der Waals surface area contributed by atoms with E-state index in [9.17, 15) is 4.79 Å². The van der Waals surface area contributed by atoms with Crippen LogP contribution in [0.5, 0.6) is 0 Å². The van der Waals surface area contributed by atoms with Gasteiger partial charge in [-0.15, -0.1) is 0 Å². The first-order valence-electron chi connectivity index (χ1n) is 4.94. The van der Waals surface area contributed by atoms with Crippen LogP contribution in [0.2, 0.25) is 0 Å². The van der Waals surface area contributed by atoms with Gasteiger partial charge in [0.1, 0.15) is 0 Å². The summed E-state index contributed by atoms with van der Waals surface area (Å²) in [4.78, 5) is 10.4. The molecule has 0 saturated carbocycles. The number of hydrogen-bond donors (Lipinski definition) is 1. The van der Waals surface area contributed by atoms with E-state index in [0.717, 1.165) is 19.4 Å². The van der Waals surface area contributed by atoms with Crippen molar-refractivity contribution in [1.82, 2.24) is 0 Å². The first-order valence-corrected chi connectivity index (χ1v) is 4.94. The zero-order valence-electron chi connectivity index (χ0n) is 8.32. The average molecular weight is 186 g/mol. The second kappa shape index (κ2) is 4.61. The van der Waals surface area contributed by atoms with Crippen LogP contribution in [0.15, 0.2) is 0 Å². The van der Waals surface area contributed by atoms with E-state index in [-0.39, 0.29) is 6.42 Å². The Morgan fingerprint density at radius 1 is 1.62 bits per heavy atom. The minimum atomic E-state index is -0.704. The van der Waals surface area contributed by atoms with Gasteiger partial charge in [-0.05, 0) is 24.7 Å². The Balaban J connectivity index is 2.33. The fourth-order valence-electron chi connectivity index (χ4n) is 1.83. The van der Waals surface area contributed by atoms with Gasteiger partial charge in [-0.2, -0.15) is 0 Å². The van der Waals surface area contributed by atoms with Gasteiger partial charge < -0.3 is 9.84 Å². The van der Waals surface area contributed by atoms with Crippen molar-refractivity contribution in [2.75, 3.05) is 6.61 Å². The lowest BCUT2D eigenvalue weighted by molar-refractivity contribution is -0.138. The minimum Gasteiger partial charge on any atom is -0.481 e. The first-order chi connectivity index (χ1) is 6.11. The van der Waals surface area contributed by atoms with Crippen molar-refractivity contribution >= 4 is 5.97 Å². The molecule has 0 radical (unpaired) electrons. The third kappa shape index (κ3) is 2.99. The molecule has 2 atom stereocenters. The van der Waals surface area contributed by atoms with Crippen molar-refractivity contribution in [3.8, 4) is 0 Å². The smallest absolute Gasteiger partial charge is 0.303 e. The number of carboxylic acids is 1. The molecule has 1 fully saturated rings. The Kier molecular flexibility index (Phi) is 3.72. The molecule has 2 unspecified atom stereocenters. The molecule has 0 amide bonds. The van der Waals surface area contributed by atoms with Gasteiger partial charge in [0, 0.05) is 13.0 Å². The standard InChI is InChI=1S/C10H18O3/c1-7(2)8(3-4-10(11)12)9-5-6-13-9/h7-9H,3-6H2,1-2H3,(H,11,12). The Morgan fingerprint density at radius 3 is 2.54 bits per heavy atom. The third-order valence-corrected chi connectivity index (χ3v) is 2.76. The Bertz CT molecular complexity index is 173. The van der Waals surface area contributed by atoms with Gasteiger partial charge in [-0.3, -0.25) is 4.79 Å². The van der Waals surface area contributed by atoms with Crippen LogP contribution in [0.3, 0.4) is 0 Å². The van der Waals surface area contributed by atoms with Gasteiger partial charge in [-0.1, -0.05) is 13.8 Å². The number of carbonyl (C=O) groups is 1. The van der Waals surface area contributed by atoms with E-state index in [1.165, 1.54) is 0 Å². The van der Waals surface area contributed by atoms with E-state index in [1.54, 1.807) is 0 Å². The van der Waals surface area contributed by atoms with Crippen LogP contribution in [-0.2, 0) is 9.53 Å². The zero-order valence-corrected chi connectivity index (χ0v) is 8.32. The Labute approximate surface area is 79.1 Å². The van der Waals surface area contributed by atoms with E-state index in [0.29, 0.717) is 17.9 Å². The number of rotatable bonds is 5. The molecule has 76 valence electrons. The summed E-state index contributed by atoms with van der Waals surface area (Å²) in [6.07, 6.45) is 2.43. The fourth-order valence-corrected chi connectivity index (χ4v) is 1.83. The zero-order chi connectivity index (χ0) is 9.84. The number of hydrogen-bond acceptors (Lipinski definition) is 2. The van der Waals surface area contributed by atoms with Crippen LogP contribution in [0.4, 0.5) is 0 Å². The van der Waals surface area contributed by atoms with Crippen LogP contribution < -0.4 is 0 Å². The molecule has 0 aromatic rings. The molecule has 0 aromatic heterocycles. The molecule has 3 nitrogen and oxygen atoms in total. The van der Waals surface area contributed by atoms with E-state index in [4.69, 9.17) is 9.84 Å². The fraction of sp³-hybridized carbons (Fsp3) is 0.900. The molecule has 1 aliphatic rings. The highest BCUT2D eigenvalue weighted by atomic mass is 16.5. The number of aliphatic carboxylic acids is 1. The van der Waals surface area contributed by atoms with Crippen molar-refractivity contribution in [1.29, 1.82) is 0 Å². The van der Waals surface area contributed by atoms with Crippen LogP contribution in [0.25, 0.3) is 0 Å². The van der Waals surface area contributed by atoms with Crippen LogP contribution in [0, 0.1) is 11.8 Å². The lowest BCUT2D eigenvalue weighted by Crippen LogP contribution is -2.37. The molecule has 1 heterocycles. The molecular weight excluding hydrogens is 168 g/mol. The van der Waals surface area contributed by atoms with E-state index in [2.05, 4.69) is 13.8 Å². The van der Waals surface area contributed by atoms with Gasteiger partial charge in [0.15, 0.2) is 0 Å². The molecule has 1 aliphatic heterocycles. The maximum absolute atomic E-state index is 10.4. The quantitative estimate of drug-likeness (QED) is 0.713. The normalized spacial score (nSPS) is 24.1. The highest BCUT2D eigenvalue weighted by molar-refractivity contribution is 5.66. The molecule has 1 N–H and O–H groups in total. The van der Waals surface area contributed by atoms with Crippen molar-refractivity contribution in [2.45, 2.75) is 39.2 Å². The molecule has 0 spiro atoms. The number of ether oxygens (including phenoxy) is 1. The monoisotopic (exact) mass is 186 g/mol. The summed E-state index contributed by atoms with van der Waals surface area (Å²) >= 11 is 0. The summed E-state index contributed by atoms with van der Waals surface area (Å²) in [6, 6.07) is 0. The van der Waals surface area contributed by atoms with Crippen LogP contribution in [-0.4, -0.2) is 23.8 Å². The molecule has 0 aliphatic carbocycles. The van der Waals surface area contributed by atoms with Crippen molar-refractivity contribution < 1.29 is 14.6 Å². The van der Waals surface area contributed by atoms with E-state index in [1.807, 2.05) is 0 Å². The molecule has 1 saturated heterocycles. The van der Waals surface area contributed by atoms with Crippen LogP contribution in [0.1, 0.15) is 33.1 Å². The lowest BCUT2D eigenvalue weighted by Gasteiger charge is -2.36. The lowest BCUT2D eigenvalue weighted by atomic mass is 9.83. The summed E-state index contributed by atoms with van der Waals surface area (Å²) in [5.41, 5.74) is 0. The first kappa shape index (κ1) is 10.5. The molecular formula is C10H18O3. The number of carboxylic acid groups (broad SMARTS) is 1. The summed E-state index contributed by atoms with van der Waals surface area (Å²) in [7, 11) is 0. The molecule has 3 heteroatoms. The maximum atomic E-state index is 10.4. The van der Waals surface area contributed by atoms with Gasteiger partial charge in [0.25, 0.3) is 0 Å². The Hall–Kier alpha value is -0.570. The van der Waals surface area contributed by atoms with Crippen molar-refractivity contribution in [3.63, 3.8) is 0 Å². The molecule has 0 aromatic carbocycles. The second-order valence-corrected chi connectivity index (χ2v) is 4.04. The maximum Gasteiger partial charge on any atom is 0.303 e. The second-order valence-electron chi connectivity index (χ2n) is 4.04. The average Bonchev–Trinajstić information content (AvgIpc) is 1.92. The van der Waals surface area contributed by atoms with Gasteiger partial charge >= 0.3 is 5.97 Å². The largest absolute Gasteiger partial charge is 0.481 e. The van der Waals surface area contributed by atoms with Gasteiger partial charge in [0.2, 0.25) is 0 Å². The molecule has 0 bridgehead atoms. The van der Waals surface area contributed by atoms with Crippen LogP contribution >= 0.6 is 0 Å². The van der Waals surface area contributed by atoms with Crippen molar-refractivity contribution in [3.05, 3.63) is 0 Å². The SMILES string of the molecule is CC(C)C(CCC(=O)O)C1CCO1. The Morgan fingerprint density at radius 2 is 2.23 bits per heavy atom. The summed E-state index contributed by atoms with van der Waals surface area (Å²) in [5, 5.41) is 8.58. The summed E-state index contributed by atoms with van der Waals surface area (Å²) in [5.74, 6) is 0.236. The highest BCUT2D eigenvalue weighted by Gasteiger charge is 2.30.